The molecule has 2 N–H and O–H groups in total. The zero-order chi connectivity index (χ0) is 31.9. The predicted octanol–water partition coefficient (Wildman–Crippen LogP) is 7.09. The van der Waals surface area contributed by atoms with E-state index < -0.39 is 11.8 Å². The van der Waals surface area contributed by atoms with Gasteiger partial charge in [0, 0.05) is 32.3 Å². The molecule has 1 saturated heterocycles. The summed E-state index contributed by atoms with van der Waals surface area (Å²) in [5, 5.41) is 4.82. The number of hydrogen-bond acceptors (Lipinski definition) is 7. The molecule has 3 aromatic carbocycles. The Labute approximate surface area is 286 Å². The quantitative estimate of drug-likeness (QED) is 0.207. The van der Waals surface area contributed by atoms with Crippen LogP contribution in [0.3, 0.4) is 0 Å². The number of aromatic nitrogens is 1. The number of aromatic amines is 1. The zero-order valence-corrected chi connectivity index (χ0v) is 27.6. The molecular formula is C33H24Cl3N3O5S2. The summed E-state index contributed by atoms with van der Waals surface area (Å²) in [5.41, 5.74) is 1.86. The van der Waals surface area contributed by atoms with Crippen LogP contribution < -0.4 is 19.8 Å². The second-order valence-corrected chi connectivity index (χ2v) is 15.4. The van der Waals surface area contributed by atoms with Crippen molar-refractivity contribution in [1.82, 2.24) is 4.98 Å². The van der Waals surface area contributed by atoms with Crippen molar-refractivity contribution in [2.45, 2.75) is 22.6 Å². The first kappa shape index (κ1) is 30.1. The van der Waals surface area contributed by atoms with E-state index in [4.69, 9.17) is 39.5 Å². The first-order valence-electron chi connectivity index (χ1n) is 14.7. The number of nitrogens with zero attached hydrogens (tertiary/aromatic N) is 1. The number of halogens is 3. The van der Waals surface area contributed by atoms with Gasteiger partial charge in [-0.15, -0.1) is 11.8 Å². The summed E-state index contributed by atoms with van der Waals surface area (Å²) in [6.45, 7) is -0.261. The Kier molecular flexibility index (Phi) is 7.49. The third-order valence-corrected chi connectivity index (χ3v) is 13.2. The van der Waals surface area contributed by atoms with E-state index in [0.29, 0.717) is 32.2 Å². The van der Waals surface area contributed by atoms with Crippen LogP contribution in [0.1, 0.15) is 22.8 Å². The lowest BCUT2D eigenvalue weighted by molar-refractivity contribution is -0.123. The van der Waals surface area contributed by atoms with Crippen LogP contribution in [0.4, 0.5) is 11.4 Å². The Morgan fingerprint density at radius 3 is 2.43 bits per heavy atom. The van der Waals surface area contributed by atoms with Gasteiger partial charge < -0.3 is 15.0 Å². The van der Waals surface area contributed by atoms with Gasteiger partial charge in [-0.1, -0.05) is 64.3 Å². The van der Waals surface area contributed by atoms with Gasteiger partial charge in [-0.05, 0) is 72.7 Å². The molecule has 4 aromatic rings. The van der Waals surface area contributed by atoms with Crippen molar-refractivity contribution >= 4 is 87.0 Å². The van der Waals surface area contributed by atoms with Crippen LogP contribution in [0, 0.1) is 29.6 Å². The van der Waals surface area contributed by atoms with Gasteiger partial charge in [0.25, 0.3) is 5.91 Å². The van der Waals surface area contributed by atoms with E-state index in [9.17, 15) is 19.2 Å². The van der Waals surface area contributed by atoms with Crippen molar-refractivity contribution in [2.75, 3.05) is 16.8 Å². The van der Waals surface area contributed by atoms with Crippen LogP contribution in [0.2, 0.25) is 15.1 Å². The molecule has 13 heteroatoms. The van der Waals surface area contributed by atoms with Crippen molar-refractivity contribution in [3.8, 4) is 5.75 Å². The lowest BCUT2D eigenvalue weighted by Crippen LogP contribution is -2.42. The highest BCUT2D eigenvalue weighted by atomic mass is 35.5. The lowest BCUT2D eigenvalue weighted by Gasteiger charge is -2.43. The third-order valence-electron chi connectivity index (χ3n) is 9.62. The minimum atomic E-state index is -0.445. The molecule has 234 valence electrons. The number of rotatable bonds is 6. The maximum Gasteiger partial charge on any atom is 0.305 e. The standard InChI is InChI=1S/C33H24Cl3N3O5S2/c34-14-5-8-16(9-6-14)39-31(41)26-18-12-19(27(26)32(39)42)28-25(18)24(29-30(45-28)38-33(43)46-29)17-3-1-2-4-22(17)44-13-23(40)37-15-7-10-20(35)21(36)11-15/h1-11,18-19,24-28H,12-13H2,(H,37,40)(H,38,43)/t18-,19-,24+,25-,26+,27+,28-/m1/s1. The molecule has 8 nitrogen and oxygen atoms in total. The summed E-state index contributed by atoms with van der Waals surface area (Å²) >= 11 is 21.0. The third kappa shape index (κ3) is 4.80. The number of fused-ring (bicyclic) bond motifs is 9. The first-order chi connectivity index (χ1) is 22.2. The SMILES string of the molecule is O=C(COc1ccccc1[C@@H]1c2sc(=O)[nH]c2S[C@@H]2[C@@H]3C[C@@H]([C@@H]4C(=O)N(c5ccc(Cl)cc5)C(=O)[C@@H]34)[C@H]12)Nc1ccc(Cl)c(Cl)c1. The molecule has 3 amide bonds. The van der Waals surface area contributed by atoms with Gasteiger partial charge in [0.05, 0.1) is 32.6 Å². The van der Waals surface area contributed by atoms with Gasteiger partial charge >= 0.3 is 4.87 Å². The number of benzene rings is 3. The Bertz CT molecular complexity index is 1980. The number of H-pyrrole nitrogens is 1. The normalized spacial score (nSPS) is 27.4. The molecule has 2 saturated carbocycles. The molecule has 1 aromatic heterocycles. The molecule has 2 bridgehead atoms. The Hall–Kier alpha value is -3.28. The van der Waals surface area contributed by atoms with Crippen LogP contribution in [-0.2, 0) is 14.4 Å². The number of thiazole rings is 1. The van der Waals surface area contributed by atoms with Crippen LogP contribution in [0.5, 0.6) is 5.75 Å². The maximum absolute atomic E-state index is 14.0. The number of carbonyl (C=O) groups excluding carboxylic acids is 3. The van der Waals surface area contributed by atoms with Gasteiger partial charge in [0.2, 0.25) is 11.8 Å². The van der Waals surface area contributed by atoms with E-state index in [1.807, 2.05) is 24.3 Å². The molecule has 3 heterocycles. The zero-order valence-electron chi connectivity index (χ0n) is 23.7. The van der Waals surface area contributed by atoms with Crippen LogP contribution in [-0.4, -0.2) is 34.6 Å². The molecule has 0 spiro atoms. The molecule has 46 heavy (non-hydrogen) atoms. The number of hydrogen-bond donors (Lipinski definition) is 2. The fourth-order valence-electron chi connectivity index (χ4n) is 7.99. The van der Waals surface area contributed by atoms with E-state index in [2.05, 4.69) is 10.3 Å². The summed E-state index contributed by atoms with van der Waals surface area (Å²) in [6, 6.07) is 19.1. The summed E-state index contributed by atoms with van der Waals surface area (Å²) in [4.78, 5) is 58.5. The molecule has 0 unspecified atom stereocenters. The van der Waals surface area contributed by atoms with Crippen molar-refractivity contribution in [1.29, 1.82) is 0 Å². The first-order valence-corrected chi connectivity index (χ1v) is 17.5. The van der Waals surface area contributed by atoms with Crippen LogP contribution in [0.25, 0.3) is 0 Å². The Morgan fingerprint density at radius 2 is 1.67 bits per heavy atom. The molecule has 0 radical (unpaired) electrons. The minimum absolute atomic E-state index is 0.0157. The number of thioether (sulfide) groups is 1. The summed E-state index contributed by atoms with van der Waals surface area (Å²) < 4.78 is 6.14. The fourth-order valence-corrected chi connectivity index (χ4v) is 11.3. The number of amides is 3. The molecule has 3 fully saturated rings. The molecule has 4 aliphatic rings. The highest BCUT2D eigenvalue weighted by molar-refractivity contribution is 8.00. The summed E-state index contributed by atoms with van der Waals surface area (Å²) in [5.74, 6) is -1.43. The van der Waals surface area contributed by atoms with Gasteiger partial charge in [-0.3, -0.25) is 24.1 Å². The summed E-state index contributed by atoms with van der Waals surface area (Å²) in [7, 11) is 0. The van der Waals surface area contributed by atoms with E-state index in [0.717, 1.165) is 21.9 Å². The Morgan fingerprint density at radius 1 is 0.935 bits per heavy atom. The number of anilines is 2. The van der Waals surface area contributed by atoms with E-state index in [1.165, 1.54) is 16.2 Å². The number of nitrogens with one attached hydrogen (secondary N) is 2. The highest BCUT2D eigenvalue weighted by Gasteiger charge is 2.69. The average Bonchev–Trinajstić information content (AvgIpc) is 3.77. The van der Waals surface area contributed by atoms with Gasteiger partial charge in [-0.2, -0.15) is 0 Å². The van der Waals surface area contributed by atoms with E-state index in [-0.39, 0.29) is 58.1 Å². The number of para-hydroxylation sites is 1. The lowest BCUT2D eigenvalue weighted by atomic mass is 9.68. The van der Waals surface area contributed by atoms with Crippen molar-refractivity contribution in [3.05, 3.63) is 102 Å². The van der Waals surface area contributed by atoms with E-state index >= 15 is 0 Å². The molecule has 2 aliphatic carbocycles. The molecular weight excluding hydrogens is 689 g/mol. The van der Waals surface area contributed by atoms with Crippen molar-refractivity contribution < 1.29 is 19.1 Å². The average molecular weight is 713 g/mol. The van der Waals surface area contributed by atoms with Crippen LogP contribution >= 0.6 is 57.9 Å². The second-order valence-electron chi connectivity index (χ2n) is 12.0. The minimum Gasteiger partial charge on any atom is -0.483 e. The number of carbonyl (C=O) groups is 3. The topological polar surface area (TPSA) is 109 Å². The molecule has 8 rings (SSSR count). The highest BCUT2D eigenvalue weighted by Crippen LogP contribution is 2.69. The fraction of sp³-hybridized carbons (Fsp3) is 0.273. The smallest absolute Gasteiger partial charge is 0.305 e. The van der Waals surface area contributed by atoms with Gasteiger partial charge in [0.1, 0.15) is 5.75 Å². The Balaban J connectivity index is 1.11. The van der Waals surface area contributed by atoms with Crippen molar-refractivity contribution in [3.63, 3.8) is 0 Å². The second kappa shape index (κ2) is 11.5. The van der Waals surface area contributed by atoms with Crippen molar-refractivity contribution in [2.24, 2.45) is 29.6 Å². The van der Waals surface area contributed by atoms with Gasteiger partial charge in [-0.25, -0.2) is 0 Å². The largest absolute Gasteiger partial charge is 0.483 e. The number of ether oxygens (including phenoxy) is 1. The number of imide groups is 1. The molecule has 7 atom stereocenters. The predicted molar refractivity (Wildman–Crippen MR) is 179 cm³/mol. The molecule has 2 aliphatic heterocycles. The monoisotopic (exact) mass is 711 g/mol. The maximum atomic E-state index is 14.0. The van der Waals surface area contributed by atoms with E-state index in [1.54, 1.807) is 54.2 Å². The van der Waals surface area contributed by atoms with Gasteiger partial charge in [0.15, 0.2) is 6.61 Å². The van der Waals surface area contributed by atoms with Crippen LogP contribution in [0.15, 0.2) is 76.6 Å². The summed E-state index contributed by atoms with van der Waals surface area (Å²) in [6.07, 6.45) is 0.758.